The molecule has 1 aromatic rings. The zero-order valence-corrected chi connectivity index (χ0v) is 16.9. The predicted molar refractivity (Wildman–Crippen MR) is 108 cm³/mol. The molecular weight excluding hydrogens is 368 g/mol. The Labute approximate surface area is 171 Å². The van der Waals surface area contributed by atoms with E-state index in [4.69, 9.17) is 0 Å². The van der Waals surface area contributed by atoms with Crippen LogP contribution in [0.2, 0.25) is 0 Å². The van der Waals surface area contributed by atoms with Gasteiger partial charge in [0.15, 0.2) is 5.82 Å². The average Bonchev–Trinajstić information content (AvgIpc) is 3.38. The number of aldehydes is 1. The highest BCUT2D eigenvalue weighted by Crippen LogP contribution is 2.55. The van der Waals surface area contributed by atoms with E-state index in [2.05, 4.69) is 15.3 Å². The van der Waals surface area contributed by atoms with Gasteiger partial charge in [-0.25, -0.2) is 4.98 Å². The van der Waals surface area contributed by atoms with Crippen molar-refractivity contribution in [2.75, 3.05) is 11.9 Å². The maximum Gasteiger partial charge on any atom is 0.248 e. The van der Waals surface area contributed by atoms with E-state index in [0.29, 0.717) is 24.7 Å². The third-order valence-electron chi connectivity index (χ3n) is 6.94. The summed E-state index contributed by atoms with van der Waals surface area (Å²) in [5.74, 6) is 0.377. The van der Waals surface area contributed by atoms with E-state index in [1.165, 1.54) is 31.7 Å². The molecule has 7 heteroatoms. The molecule has 0 aromatic carbocycles. The Kier molecular flexibility index (Phi) is 5.92. The lowest BCUT2D eigenvalue weighted by Crippen LogP contribution is -2.46. The molecule has 3 aliphatic rings. The van der Waals surface area contributed by atoms with Gasteiger partial charge in [0.05, 0.1) is 6.20 Å². The number of hydrogen-bond donors (Lipinski definition) is 1. The lowest BCUT2D eigenvalue weighted by Gasteiger charge is -2.30. The van der Waals surface area contributed by atoms with Gasteiger partial charge in [-0.2, -0.15) is 0 Å². The minimum absolute atomic E-state index is 0.0225. The molecule has 0 bridgehead atoms. The number of amides is 2. The number of carbonyl (C=O) groups excluding carboxylic acids is 3. The molecule has 1 N–H and O–H groups in total. The van der Waals surface area contributed by atoms with Gasteiger partial charge >= 0.3 is 0 Å². The van der Waals surface area contributed by atoms with E-state index in [9.17, 15) is 14.4 Å². The quantitative estimate of drug-likeness (QED) is 0.713. The Morgan fingerprint density at radius 1 is 1.24 bits per heavy atom. The Hall–Kier alpha value is -2.31. The largest absolute Gasteiger partial charge is 0.330 e. The molecule has 3 fully saturated rings. The molecule has 1 saturated heterocycles. The van der Waals surface area contributed by atoms with Crippen molar-refractivity contribution < 1.29 is 14.4 Å². The summed E-state index contributed by atoms with van der Waals surface area (Å²) in [5.41, 5.74) is 0.0938. The Morgan fingerprint density at radius 3 is 2.69 bits per heavy atom. The smallest absolute Gasteiger partial charge is 0.248 e. The van der Waals surface area contributed by atoms with Crippen molar-refractivity contribution in [2.24, 2.45) is 17.3 Å². The number of rotatable bonds is 7. The van der Waals surface area contributed by atoms with Crippen LogP contribution < -0.4 is 5.32 Å². The predicted octanol–water partition coefficient (Wildman–Crippen LogP) is 2.97. The van der Waals surface area contributed by atoms with Gasteiger partial charge in [-0.1, -0.05) is 32.1 Å². The third kappa shape index (κ3) is 4.65. The molecule has 0 radical (unpaired) electrons. The van der Waals surface area contributed by atoms with Crippen LogP contribution in [0.4, 0.5) is 5.82 Å². The molecule has 1 spiro atoms. The van der Waals surface area contributed by atoms with Crippen molar-refractivity contribution in [3.05, 3.63) is 18.6 Å². The topological polar surface area (TPSA) is 92.3 Å². The molecule has 2 amide bonds. The summed E-state index contributed by atoms with van der Waals surface area (Å²) in [6.07, 6.45) is 15.3. The first-order chi connectivity index (χ1) is 14.1. The number of nitrogens with one attached hydrogen (secondary N) is 1. The van der Waals surface area contributed by atoms with E-state index in [0.717, 1.165) is 38.4 Å². The van der Waals surface area contributed by atoms with Crippen molar-refractivity contribution in [3.8, 4) is 0 Å². The molecule has 0 unspecified atom stereocenters. The van der Waals surface area contributed by atoms with Crippen LogP contribution in [0.1, 0.15) is 64.2 Å². The van der Waals surface area contributed by atoms with Crippen molar-refractivity contribution in [3.63, 3.8) is 0 Å². The van der Waals surface area contributed by atoms with E-state index < -0.39 is 6.04 Å². The second kappa shape index (κ2) is 8.59. The first-order valence-corrected chi connectivity index (χ1v) is 10.9. The minimum atomic E-state index is -0.493. The normalized spacial score (nSPS) is 24.3. The van der Waals surface area contributed by atoms with Crippen LogP contribution in [0, 0.1) is 17.3 Å². The number of carbonyl (C=O) groups is 3. The van der Waals surface area contributed by atoms with Crippen LogP contribution in [0.3, 0.4) is 0 Å². The fourth-order valence-corrected chi connectivity index (χ4v) is 5.11. The summed E-state index contributed by atoms with van der Waals surface area (Å²) >= 11 is 0. The number of aromatic nitrogens is 2. The third-order valence-corrected chi connectivity index (χ3v) is 6.94. The fourth-order valence-electron chi connectivity index (χ4n) is 5.11. The number of likely N-dealkylation sites (tertiary alicyclic amines) is 1. The maximum atomic E-state index is 13.5. The Balaban J connectivity index is 1.47. The van der Waals surface area contributed by atoms with Crippen LogP contribution in [0.15, 0.2) is 18.6 Å². The van der Waals surface area contributed by atoms with E-state index >= 15 is 0 Å². The van der Waals surface area contributed by atoms with Gasteiger partial charge in [0.1, 0.15) is 12.3 Å². The van der Waals surface area contributed by atoms with Gasteiger partial charge in [0.25, 0.3) is 0 Å². The summed E-state index contributed by atoms with van der Waals surface area (Å²) in [6.45, 7) is 0.629. The first kappa shape index (κ1) is 20.0. The van der Waals surface area contributed by atoms with Crippen LogP contribution in [-0.4, -0.2) is 45.6 Å². The van der Waals surface area contributed by atoms with Crippen molar-refractivity contribution in [1.82, 2.24) is 14.9 Å². The Bertz CT molecular complexity index is 744. The van der Waals surface area contributed by atoms with Crippen molar-refractivity contribution in [1.29, 1.82) is 0 Å². The van der Waals surface area contributed by atoms with E-state index in [1.54, 1.807) is 11.1 Å². The zero-order valence-electron chi connectivity index (χ0n) is 16.9. The van der Waals surface area contributed by atoms with E-state index in [1.807, 2.05) is 0 Å². The number of nitrogens with zero attached hydrogens (tertiary/aromatic N) is 3. The zero-order chi connectivity index (χ0) is 20.3. The summed E-state index contributed by atoms with van der Waals surface area (Å²) < 4.78 is 0. The second-order valence-corrected chi connectivity index (χ2v) is 9.10. The molecule has 1 aliphatic heterocycles. The lowest BCUT2D eigenvalue weighted by atomic mass is 9.81. The van der Waals surface area contributed by atoms with Gasteiger partial charge in [0.2, 0.25) is 11.8 Å². The summed E-state index contributed by atoms with van der Waals surface area (Å²) in [7, 11) is 0. The SMILES string of the molecule is O=CC[C@@H](CC1CCCCC1)C(=O)N1CC2(CC2)C[C@H]1C(=O)Nc1cnccn1. The van der Waals surface area contributed by atoms with Gasteiger partial charge < -0.3 is 15.0 Å². The summed E-state index contributed by atoms with van der Waals surface area (Å²) in [4.78, 5) is 47.6. The molecule has 4 rings (SSSR count). The Morgan fingerprint density at radius 2 is 2.03 bits per heavy atom. The second-order valence-electron chi connectivity index (χ2n) is 9.10. The molecule has 2 saturated carbocycles. The van der Waals surface area contributed by atoms with Crippen LogP contribution >= 0.6 is 0 Å². The number of hydrogen-bond acceptors (Lipinski definition) is 5. The molecule has 2 heterocycles. The first-order valence-electron chi connectivity index (χ1n) is 10.9. The molecular formula is C22H30N4O3. The van der Waals surface area contributed by atoms with Crippen molar-refractivity contribution >= 4 is 23.9 Å². The van der Waals surface area contributed by atoms with Crippen LogP contribution in [-0.2, 0) is 14.4 Å². The summed E-state index contributed by atoms with van der Waals surface area (Å²) in [5, 5.41) is 2.81. The molecule has 2 aliphatic carbocycles. The highest BCUT2D eigenvalue weighted by atomic mass is 16.2. The monoisotopic (exact) mass is 398 g/mol. The standard InChI is InChI=1S/C22H30N4O3/c27-11-6-17(12-16-4-2-1-3-5-16)21(29)26-15-22(7-8-22)13-18(26)20(28)25-19-14-23-9-10-24-19/h9-11,14,16-18H,1-8,12-13,15H2,(H,24,25,28)/t17-,18-/m0/s1. The summed E-state index contributed by atoms with van der Waals surface area (Å²) in [6, 6.07) is -0.493. The van der Waals surface area contributed by atoms with Gasteiger partial charge in [-0.3, -0.25) is 14.6 Å². The van der Waals surface area contributed by atoms with Gasteiger partial charge in [-0.15, -0.1) is 0 Å². The van der Waals surface area contributed by atoms with E-state index in [-0.39, 0.29) is 29.6 Å². The average molecular weight is 399 g/mol. The molecule has 7 nitrogen and oxygen atoms in total. The molecule has 156 valence electrons. The molecule has 1 aromatic heterocycles. The van der Waals surface area contributed by atoms with Crippen LogP contribution in [0.5, 0.6) is 0 Å². The molecule has 29 heavy (non-hydrogen) atoms. The highest BCUT2D eigenvalue weighted by Gasteiger charge is 2.55. The van der Waals surface area contributed by atoms with Crippen LogP contribution in [0.25, 0.3) is 0 Å². The fraction of sp³-hybridized carbons (Fsp3) is 0.682. The maximum absolute atomic E-state index is 13.5. The van der Waals surface area contributed by atoms with Crippen molar-refractivity contribution in [2.45, 2.75) is 70.3 Å². The lowest BCUT2D eigenvalue weighted by molar-refractivity contribution is -0.141. The van der Waals surface area contributed by atoms with Gasteiger partial charge in [0, 0.05) is 31.3 Å². The minimum Gasteiger partial charge on any atom is -0.330 e. The van der Waals surface area contributed by atoms with Gasteiger partial charge in [-0.05, 0) is 37.0 Å². The highest BCUT2D eigenvalue weighted by molar-refractivity contribution is 5.97. The number of anilines is 1. The molecule has 2 atom stereocenters.